The van der Waals surface area contributed by atoms with Gasteiger partial charge >= 0.3 is 5.97 Å². The van der Waals surface area contributed by atoms with Crippen LogP contribution in [0.3, 0.4) is 0 Å². The summed E-state index contributed by atoms with van der Waals surface area (Å²) in [4.78, 5) is 11.2. The number of hydrogen-bond donors (Lipinski definition) is 2. The molecule has 1 saturated carbocycles. The molecule has 0 amide bonds. The Morgan fingerprint density at radius 3 is 2.79 bits per heavy atom. The van der Waals surface area contributed by atoms with Crippen LogP contribution in [0.25, 0.3) is 0 Å². The quantitative estimate of drug-likeness (QED) is 0.816. The number of benzene rings is 1. The van der Waals surface area contributed by atoms with E-state index >= 15 is 0 Å². The first-order chi connectivity index (χ1) is 9.11. The number of rotatable bonds is 4. The molecule has 104 valence electrons. The zero-order valence-electron chi connectivity index (χ0n) is 11.0. The van der Waals surface area contributed by atoms with Crippen LogP contribution >= 0.6 is 0 Å². The summed E-state index contributed by atoms with van der Waals surface area (Å²) in [6.07, 6.45) is 3.83. The summed E-state index contributed by atoms with van der Waals surface area (Å²) in [6.45, 7) is 0. The summed E-state index contributed by atoms with van der Waals surface area (Å²) in [7, 11) is 1.69. The Morgan fingerprint density at radius 1 is 1.37 bits per heavy atom. The lowest BCUT2D eigenvalue weighted by Gasteiger charge is -2.29. The summed E-state index contributed by atoms with van der Waals surface area (Å²) in [5.41, 5.74) is 6.30. The van der Waals surface area contributed by atoms with E-state index in [4.69, 9.17) is 20.3 Å². The second-order valence-corrected chi connectivity index (χ2v) is 4.79. The van der Waals surface area contributed by atoms with Crippen molar-refractivity contribution in [1.82, 2.24) is 0 Å². The molecule has 0 radical (unpaired) electrons. The van der Waals surface area contributed by atoms with Gasteiger partial charge < -0.3 is 20.3 Å². The van der Waals surface area contributed by atoms with Gasteiger partial charge in [-0.1, -0.05) is 6.07 Å². The molecule has 0 saturated heterocycles. The van der Waals surface area contributed by atoms with Gasteiger partial charge in [-0.3, -0.25) is 0 Å². The molecule has 0 bridgehead atoms. The largest absolute Gasteiger partial charge is 0.487 e. The number of ether oxygens (including phenoxy) is 2. The van der Waals surface area contributed by atoms with Crippen LogP contribution in [-0.4, -0.2) is 30.4 Å². The molecule has 1 fully saturated rings. The first-order valence-corrected chi connectivity index (χ1v) is 6.43. The number of carbonyl (C=O) groups is 1. The van der Waals surface area contributed by atoms with Gasteiger partial charge in [-0.05, 0) is 31.4 Å². The first kappa shape index (κ1) is 13.7. The van der Waals surface area contributed by atoms with Crippen molar-refractivity contribution in [2.45, 2.75) is 37.9 Å². The summed E-state index contributed by atoms with van der Waals surface area (Å²) >= 11 is 0. The van der Waals surface area contributed by atoms with Gasteiger partial charge in [0.15, 0.2) is 5.75 Å². The summed E-state index contributed by atoms with van der Waals surface area (Å²) in [6, 6.07) is 4.77. The van der Waals surface area contributed by atoms with Crippen molar-refractivity contribution in [3.05, 3.63) is 23.8 Å². The average molecular weight is 265 g/mol. The minimum atomic E-state index is -1.03. The SMILES string of the molecule is COC1CCCC(Oc2c(N)cccc2C(=O)O)C1. The van der Waals surface area contributed by atoms with Crippen LogP contribution < -0.4 is 10.5 Å². The lowest BCUT2D eigenvalue weighted by molar-refractivity contribution is 0.0207. The fourth-order valence-corrected chi connectivity index (χ4v) is 2.44. The molecule has 2 rings (SSSR count). The number of nitrogen functional groups attached to an aromatic ring is 1. The summed E-state index contributed by atoms with van der Waals surface area (Å²) < 4.78 is 11.2. The standard InChI is InChI=1S/C14H19NO4/c1-18-9-4-2-5-10(8-9)19-13-11(14(16)17)6-3-7-12(13)15/h3,6-7,9-10H,2,4-5,8,15H2,1H3,(H,16,17). The number of para-hydroxylation sites is 1. The number of hydrogen-bond acceptors (Lipinski definition) is 4. The highest BCUT2D eigenvalue weighted by molar-refractivity contribution is 5.93. The van der Waals surface area contributed by atoms with Crippen LogP contribution in [0, 0.1) is 0 Å². The monoisotopic (exact) mass is 265 g/mol. The highest BCUT2D eigenvalue weighted by Gasteiger charge is 2.25. The molecular formula is C14H19NO4. The molecule has 0 aromatic heterocycles. The van der Waals surface area contributed by atoms with E-state index in [9.17, 15) is 4.79 Å². The van der Waals surface area contributed by atoms with Crippen LogP contribution in [0.1, 0.15) is 36.0 Å². The van der Waals surface area contributed by atoms with E-state index in [1.165, 1.54) is 6.07 Å². The molecule has 1 aliphatic rings. The van der Waals surface area contributed by atoms with Gasteiger partial charge in [-0.25, -0.2) is 4.79 Å². The average Bonchev–Trinajstić information content (AvgIpc) is 2.41. The molecule has 1 aromatic rings. The van der Waals surface area contributed by atoms with E-state index in [1.54, 1.807) is 19.2 Å². The zero-order chi connectivity index (χ0) is 13.8. The van der Waals surface area contributed by atoms with Crippen molar-refractivity contribution >= 4 is 11.7 Å². The van der Waals surface area contributed by atoms with Gasteiger partial charge in [0.25, 0.3) is 0 Å². The van der Waals surface area contributed by atoms with Gasteiger partial charge in [0.1, 0.15) is 11.7 Å². The number of carboxylic acid groups (broad SMARTS) is 1. The minimum absolute atomic E-state index is 0.0403. The van der Waals surface area contributed by atoms with Gasteiger partial charge in [0.05, 0.1) is 11.8 Å². The van der Waals surface area contributed by atoms with E-state index in [1.807, 2.05) is 0 Å². The number of methoxy groups -OCH3 is 1. The number of aromatic carboxylic acids is 1. The molecule has 2 atom stereocenters. The smallest absolute Gasteiger partial charge is 0.339 e. The van der Waals surface area contributed by atoms with Crippen molar-refractivity contribution in [3.63, 3.8) is 0 Å². The number of nitrogens with two attached hydrogens (primary N) is 1. The van der Waals surface area contributed by atoms with Crippen LogP contribution in [-0.2, 0) is 4.74 Å². The Balaban J connectivity index is 2.16. The summed E-state index contributed by atoms with van der Waals surface area (Å²) in [5.74, 6) is -0.752. The van der Waals surface area contributed by atoms with Crippen LogP contribution in [0.2, 0.25) is 0 Å². The Morgan fingerprint density at radius 2 is 2.11 bits per heavy atom. The fourth-order valence-electron chi connectivity index (χ4n) is 2.44. The minimum Gasteiger partial charge on any atom is -0.487 e. The molecule has 1 aliphatic carbocycles. The predicted octanol–water partition coefficient (Wildman–Crippen LogP) is 2.30. The van der Waals surface area contributed by atoms with Crippen molar-refractivity contribution < 1.29 is 19.4 Å². The second kappa shape index (κ2) is 5.93. The van der Waals surface area contributed by atoms with E-state index < -0.39 is 5.97 Å². The van der Waals surface area contributed by atoms with E-state index in [2.05, 4.69) is 0 Å². The highest BCUT2D eigenvalue weighted by Crippen LogP contribution is 2.31. The lowest BCUT2D eigenvalue weighted by atomic mass is 9.95. The van der Waals surface area contributed by atoms with Crippen LogP contribution in [0.5, 0.6) is 5.75 Å². The van der Waals surface area contributed by atoms with Crippen molar-refractivity contribution in [2.24, 2.45) is 0 Å². The number of anilines is 1. The molecule has 0 spiro atoms. The Labute approximate surface area is 112 Å². The van der Waals surface area contributed by atoms with E-state index in [0.717, 1.165) is 25.7 Å². The predicted molar refractivity (Wildman–Crippen MR) is 71.5 cm³/mol. The number of carboxylic acids is 1. The Kier molecular flexibility index (Phi) is 4.27. The molecule has 5 heteroatoms. The Bertz CT molecular complexity index is 461. The normalized spacial score (nSPS) is 23.0. The van der Waals surface area contributed by atoms with Gasteiger partial charge in [-0.2, -0.15) is 0 Å². The van der Waals surface area contributed by atoms with Crippen molar-refractivity contribution in [3.8, 4) is 5.75 Å². The maximum Gasteiger partial charge on any atom is 0.339 e. The second-order valence-electron chi connectivity index (χ2n) is 4.79. The van der Waals surface area contributed by atoms with E-state index in [-0.39, 0.29) is 23.5 Å². The Hall–Kier alpha value is -1.75. The van der Waals surface area contributed by atoms with Gasteiger partial charge in [0, 0.05) is 13.5 Å². The van der Waals surface area contributed by atoms with Crippen molar-refractivity contribution in [2.75, 3.05) is 12.8 Å². The maximum absolute atomic E-state index is 11.2. The third-order valence-electron chi connectivity index (χ3n) is 3.47. The van der Waals surface area contributed by atoms with Gasteiger partial charge in [0.2, 0.25) is 0 Å². The summed E-state index contributed by atoms with van der Waals surface area (Å²) in [5, 5.41) is 9.16. The van der Waals surface area contributed by atoms with Crippen molar-refractivity contribution in [1.29, 1.82) is 0 Å². The zero-order valence-corrected chi connectivity index (χ0v) is 11.0. The molecule has 3 N–H and O–H groups in total. The van der Waals surface area contributed by atoms with Crippen LogP contribution in [0.15, 0.2) is 18.2 Å². The van der Waals surface area contributed by atoms with Crippen LogP contribution in [0.4, 0.5) is 5.69 Å². The molecule has 1 aromatic carbocycles. The first-order valence-electron chi connectivity index (χ1n) is 6.43. The molecule has 0 heterocycles. The maximum atomic E-state index is 11.2. The highest BCUT2D eigenvalue weighted by atomic mass is 16.5. The molecule has 0 aliphatic heterocycles. The lowest BCUT2D eigenvalue weighted by Crippen LogP contribution is -2.30. The molecule has 19 heavy (non-hydrogen) atoms. The third kappa shape index (κ3) is 3.17. The molecule has 5 nitrogen and oxygen atoms in total. The topological polar surface area (TPSA) is 81.8 Å². The molecule has 2 unspecified atom stereocenters. The molecular weight excluding hydrogens is 246 g/mol. The fraction of sp³-hybridized carbons (Fsp3) is 0.500. The third-order valence-corrected chi connectivity index (χ3v) is 3.47. The van der Waals surface area contributed by atoms with Gasteiger partial charge in [-0.15, -0.1) is 0 Å². The van der Waals surface area contributed by atoms with E-state index in [0.29, 0.717) is 5.69 Å².